The third kappa shape index (κ3) is 4.68. The molecule has 6 heteroatoms. The van der Waals surface area contributed by atoms with Crippen LogP contribution in [0.3, 0.4) is 0 Å². The monoisotopic (exact) mass is 294 g/mol. The Morgan fingerprint density at radius 1 is 1.43 bits per heavy atom. The quantitative estimate of drug-likeness (QED) is 0.906. The Kier molecular flexibility index (Phi) is 4.20. The molecule has 1 amide bonds. The fourth-order valence-corrected chi connectivity index (χ4v) is 1.92. The topological polar surface area (TPSA) is 69.7 Å². The third-order valence-corrected chi connectivity index (χ3v) is 2.77. The number of anilines is 1. The molecule has 0 spiro atoms. The molecule has 1 aliphatic heterocycles. The molecule has 2 heterocycles. The van der Waals surface area contributed by atoms with Gasteiger partial charge in [-0.15, -0.1) is 0 Å². The average molecular weight is 294 g/mol. The van der Waals surface area contributed by atoms with Crippen LogP contribution in [0.2, 0.25) is 0 Å². The standard InChI is InChI=1S/C15H22N2O4/c1-14(2,3)21-13(18)17-10-6-7-11(16-8-10)12-9-19-15(4,5)20-12/h6-8,12H,9H2,1-5H3,(H,17,18). The molecule has 1 aliphatic rings. The molecule has 0 bridgehead atoms. The molecule has 116 valence electrons. The highest BCUT2D eigenvalue weighted by Gasteiger charge is 2.34. The lowest BCUT2D eigenvalue weighted by Gasteiger charge is -2.19. The Hall–Kier alpha value is -1.66. The van der Waals surface area contributed by atoms with E-state index >= 15 is 0 Å². The summed E-state index contributed by atoms with van der Waals surface area (Å²) in [6.07, 6.45) is 0.891. The first kappa shape index (κ1) is 15.7. The molecule has 1 aromatic heterocycles. The highest BCUT2D eigenvalue weighted by Crippen LogP contribution is 2.31. The molecule has 1 aromatic rings. The number of amides is 1. The molecule has 1 unspecified atom stereocenters. The summed E-state index contributed by atoms with van der Waals surface area (Å²) >= 11 is 0. The van der Waals surface area contributed by atoms with E-state index < -0.39 is 17.5 Å². The first-order valence-electron chi connectivity index (χ1n) is 6.92. The average Bonchev–Trinajstić information content (AvgIpc) is 2.68. The molecule has 21 heavy (non-hydrogen) atoms. The second-order valence-electron chi connectivity index (χ2n) is 6.42. The largest absolute Gasteiger partial charge is 0.444 e. The number of hydrogen-bond donors (Lipinski definition) is 1. The Balaban J connectivity index is 1.95. The van der Waals surface area contributed by atoms with Crippen LogP contribution in [0.4, 0.5) is 10.5 Å². The van der Waals surface area contributed by atoms with Crippen molar-refractivity contribution in [3.63, 3.8) is 0 Å². The van der Waals surface area contributed by atoms with Crippen LogP contribution in [-0.4, -0.2) is 29.1 Å². The van der Waals surface area contributed by atoms with Crippen molar-refractivity contribution >= 4 is 11.8 Å². The zero-order valence-electron chi connectivity index (χ0n) is 13.1. The summed E-state index contributed by atoms with van der Waals surface area (Å²) in [4.78, 5) is 15.9. The lowest BCUT2D eigenvalue weighted by molar-refractivity contribution is -0.139. The van der Waals surface area contributed by atoms with Gasteiger partial charge >= 0.3 is 6.09 Å². The summed E-state index contributed by atoms with van der Waals surface area (Å²) < 4.78 is 16.4. The van der Waals surface area contributed by atoms with Gasteiger partial charge in [0.15, 0.2) is 5.79 Å². The van der Waals surface area contributed by atoms with Gasteiger partial charge in [0, 0.05) is 0 Å². The summed E-state index contributed by atoms with van der Waals surface area (Å²) in [6.45, 7) is 9.64. The third-order valence-electron chi connectivity index (χ3n) is 2.77. The fourth-order valence-electron chi connectivity index (χ4n) is 1.92. The zero-order chi connectivity index (χ0) is 15.7. The number of rotatable bonds is 2. The van der Waals surface area contributed by atoms with Gasteiger partial charge in [-0.25, -0.2) is 4.79 Å². The maximum absolute atomic E-state index is 11.6. The molecule has 2 rings (SSSR count). The second-order valence-corrected chi connectivity index (χ2v) is 6.42. The minimum absolute atomic E-state index is 0.185. The lowest BCUT2D eigenvalue weighted by Crippen LogP contribution is -2.27. The van der Waals surface area contributed by atoms with Crippen LogP contribution in [0.1, 0.15) is 46.4 Å². The molecule has 0 saturated carbocycles. The van der Waals surface area contributed by atoms with E-state index in [-0.39, 0.29) is 6.10 Å². The molecule has 1 saturated heterocycles. The minimum atomic E-state index is -0.584. The van der Waals surface area contributed by atoms with Crippen molar-refractivity contribution < 1.29 is 19.0 Å². The SMILES string of the molecule is CC(C)(C)OC(=O)Nc1ccc(C2COC(C)(C)O2)nc1. The van der Waals surface area contributed by atoms with Crippen LogP contribution in [0, 0.1) is 0 Å². The number of aromatic nitrogens is 1. The van der Waals surface area contributed by atoms with Gasteiger partial charge in [0.1, 0.15) is 11.7 Å². The second kappa shape index (κ2) is 5.61. The number of carbonyl (C=O) groups excluding carboxylic acids is 1. The van der Waals surface area contributed by atoms with Crippen molar-refractivity contribution in [2.75, 3.05) is 11.9 Å². The lowest BCUT2D eigenvalue weighted by atomic mass is 10.2. The molecule has 1 N–H and O–H groups in total. The van der Waals surface area contributed by atoms with Crippen molar-refractivity contribution in [1.82, 2.24) is 4.98 Å². The molecule has 6 nitrogen and oxygen atoms in total. The van der Waals surface area contributed by atoms with Gasteiger partial charge < -0.3 is 14.2 Å². The summed E-state index contributed by atoms with van der Waals surface area (Å²) in [6, 6.07) is 3.57. The molecular formula is C15H22N2O4. The van der Waals surface area contributed by atoms with Crippen LogP contribution < -0.4 is 5.32 Å². The predicted molar refractivity (Wildman–Crippen MR) is 78.0 cm³/mol. The van der Waals surface area contributed by atoms with Gasteiger partial charge in [0.05, 0.1) is 24.2 Å². The Morgan fingerprint density at radius 3 is 2.62 bits per heavy atom. The number of pyridine rings is 1. The van der Waals surface area contributed by atoms with Crippen LogP contribution in [0.25, 0.3) is 0 Å². The number of hydrogen-bond acceptors (Lipinski definition) is 5. The van der Waals surface area contributed by atoms with Gasteiger partial charge in [0.25, 0.3) is 0 Å². The van der Waals surface area contributed by atoms with Crippen molar-refractivity contribution in [3.05, 3.63) is 24.0 Å². The van der Waals surface area contributed by atoms with Crippen molar-refractivity contribution in [2.45, 2.75) is 52.1 Å². The van der Waals surface area contributed by atoms with Gasteiger partial charge in [-0.1, -0.05) is 0 Å². The van der Waals surface area contributed by atoms with Gasteiger partial charge in [0.2, 0.25) is 0 Å². The first-order chi connectivity index (χ1) is 9.65. The molecular weight excluding hydrogens is 272 g/mol. The molecule has 1 atom stereocenters. The number of nitrogens with zero attached hydrogens (tertiary/aromatic N) is 1. The van der Waals surface area contributed by atoms with Crippen molar-refractivity contribution in [3.8, 4) is 0 Å². The molecule has 1 fully saturated rings. The maximum atomic E-state index is 11.6. The van der Waals surface area contributed by atoms with Gasteiger partial charge in [-0.05, 0) is 46.8 Å². The van der Waals surface area contributed by atoms with E-state index in [0.29, 0.717) is 12.3 Å². The molecule has 0 radical (unpaired) electrons. The van der Waals surface area contributed by atoms with E-state index in [9.17, 15) is 4.79 Å². The predicted octanol–water partition coefficient (Wildman–Crippen LogP) is 3.25. The smallest absolute Gasteiger partial charge is 0.412 e. The Morgan fingerprint density at radius 2 is 2.14 bits per heavy atom. The van der Waals surface area contributed by atoms with Crippen LogP contribution in [-0.2, 0) is 14.2 Å². The van der Waals surface area contributed by atoms with E-state index in [2.05, 4.69) is 10.3 Å². The van der Waals surface area contributed by atoms with Crippen molar-refractivity contribution in [2.24, 2.45) is 0 Å². The van der Waals surface area contributed by atoms with E-state index in [0.717, 1.165) is 5.69 Å². The summed E-state index contributed by atoms with van der Waals surface area (Å²) in [5.41, 5.74) is 0.819. The number of carbonyl (C=O) groups is 1. The zero-order valence-corrected chi connectivity index (χ0v) is 13.1. The molecule has 0 aliphatic carbocycles. The maximum Gasteiger partial charge on any atom is 0.412 e. The van der Waals surface area contributed by atoms with E-state index in [1.54, 1.807) is 12.3 Å². The van der Waals surface area contributed by atoms with Crippen LogP contribution in [0.15, 0.2) is 18.3 Å². The summed E-state index contributed by atoms with van der Waals surface area (Å²) in [7, 11) is 0. The first-order valence-corrected chi connectivity index (χ1v) is 6.92. The van der Waals surface area contributed by atoms with Crippen molar-refractivity contribution in [1.29, 1.82) is 0 Å². The van der Waals surface area contributed by atoms with E-state index in [1.807, 2.05) is 40.7 Å². The van der Waals surface area contributed by atoms with Crippen LogP contribution >= 0.6 is 0 Å². The van der Waals surface area contributed by atoms with E-state index in [4.69, 9.17) is 14.2 Å². The number of ether oxygens (including phenoxy) is 3. The Labute approximate surface area is 124 Å². The van der Waals surface area contributed by atoms with E-state index in [1.165, 1.54) is 0 Å². The number of nitrogens with one attached hydrogen (secondary N) is 1. The van der Waals surface area contributed by atoms with Gasteiger partial charge in [-0.2, -0.15) is 0 Å². The summed E-state index contributed by atoms with van der Waals surface area (Å²) in [5.74, 6) is -0.584. The fraction of sp³-hybridized carbons (Fsp3) is 0.600. The summed E-state index contributed by atoms with van der Waals surface area (Å²) in [5, 5.41) is 2.64. The molecule has 0 aromatic carbocycles. The van der Waals surface area contributed by atoms with Gasteiger partial charge in [-0.3, -0.25) is 10.3 Å². The highest BCUT2D eigenvalue weighted by molar-refractivity contribution is 5.84. The minimum Gasteiger partial charge on any atom is -0.444 e. The Bertz CT molecular complexity index is 505. The normalized spacial score (nSPS) is 21.1. The highest BCUT2D eigenvalue weighted by atomic mass is 16.7. The van der Waals surface area contributed by atoms with Crippen LogP contribution in [0.5, 0.6) is 0 Å².